The van der Waals surface area contributed by atoms with Crippen molar-refractivity contribution in [1.82, 2.24) is 5.32 Å². The normalized spacial score (nSPS) is 11.1. The minimum Gasteiger partial charge on any atom is -0.506 e. The van der Waals surface area contributed by atoms with Crippen LogP contribution >= 0.6 is 0 Å². The summed E-state index contributed by atoms with van der Waals surface area (Å²) < 4.78 is 5.09. The van der Waals surface area contributed by atoms with Gasteiger partial charge in [-0.25, -0.2) is 4.79 Å². The van der Waals surface area contributed by atoms with E-state index in [1.165, 1.54) is 6.07 Å². The predicted octanol–water partition coefficient (Wildman–Crippen LogP) is 2.54. The number of amides is 1. The Morgan fingerprint density at radius 2 is 2.11 bits per heavy atom. The minimum atomic E-state index is -1.18. The molecule has 0 bridgehead atoms. The quantitative estimate of drug-likeness (QED) is 0.440. The van der Waals surface area contributed by atoms with Gasteiger partial charge >= 0.3 is 6.09 Å². The molecule has 5 nitrogen and oxygen atoms in total. The fraction of sp³-hybridized carbons (Fsp3) is 0.462. The average molecular weight is 282 g/mol. The lowest BCUT2D eigenvalue weighted by Crippen LogP contribution is -2.27. The third kappa shape index (κ3) is 6.14. The molecule has 0 saturated heterocycles. The number of nitrogens with one attached hydrogen (secondary N) is 1. The smallest absolute Gasteiger partial charge is 0.407 e. The lowest BCUT2D eigenvalue weighted by molar-refractivity contribution is 0.151. The molecule has 0 atom stereocenters. The van der Waals surface area contributed by atoms with Crippen molar-refractivity contribution in [1.29, 1.82) is 0 Å². The van der Waals surface area contributed by atoms with Crippen LogP contribution in [-0.2, 0) is 11.3 Å². The molecule has 1 aromatic rings. The van der Waals surface area contributed by atoms with Crippen LogP contribution in [0.25, 0.3) is 0 Å². The Hall–Kier alpha value is -1.69. The molecule has 4 N–H and O–H groups in total. The van der Waals surface area contributed by atoms with Crippen molar-refractivity contribution >= 4 is 19.9 Å². The number of hydrogen-bond acceptors (Lipinski definition) is 4. The Kier molecular flexibility index (Phi) is 5.23. The van der Waals surface area contributed by atoms with Gasteiger partial charge in [-0.15, -0.1) is 0 Å². The van der Waals surface area contributed by atoms with Gasteiger partial charge in [-0.3, -0.25) is 0 Å². The SMILES string of the molecule is C[Si](C)(C)CCOC(=O)NCc1ccc(N)c(O)c1. The lowest BCUT2D eigenvalue weighted by Gasteiger charge is -2.15. The van der Waals surface area contributed by atoms with Crippen LogP contribution in [0, 0.1) is 0 Å². The number of nitrogens with two attached hydrogens (primary N) is 1. The molecule has 0 fully saturated rings. The first kappa shape index (κ1) is 15.4. The fourth-order valence-corrected chi connectivity index (χ4v) is 2.09. The number of rotatable bonds is 5. The zero-order valence-electron chi connectivity index (χ0n) is 11.7. The summed E-state index contributed by atoms with van der Waals surface area (Å²) in [6, 6.07) is 5.82. The highest BCUT2D eigenvalue weighted by molar-refractivity contribution is 6.76. The van der Waals surface area contributed by atoms with Gasteiger partial charge in [0.2, 0.25) is 0 Å². The number of phenols is 1. The van der Waals surface area contributed by atoms with Crippen LogP contribution in [0.5, 0.6) is 5.75 Å². The molecular weight excluding hydrogens is 260 g/mol. The van der Waals surface area contributed by atoms with Crippen LogP contribution in [0.3, 0.4) is 0 Å². The standard InChI is InChI=1S/C13H22N2O3Si/c1-19(2,3)7-6-18-13(17)15-9-10-4-5-11(14)12(16)8-10/h4-5,8,16H,6-7,9,14H2,1-3H3,(H,15,17). The van der Waals surface area contributed by atoms with E-state index < -0.39 is 14.2 Å². The molecule has 0 aliphatic heterocycles. The van der Waals surface area contributed by atoms with Crippen molar-refractivity contribution in [3.63, 3.8) is 0 Å². The van der Waals surface area contributed by atoms with E-state index in [2.05, 4.69) is 25.0 Å². The van der Waals surface area contributed by atoms with E-state index >= 15 is 0 Å². The van der Waals surface area contributed by atoms with Crippen LogP contribution in [0.1, 0.15) is 5.56 Å². The van der Waals surface area contributed by atoms with Gasteiger partial charge in [0, 0.05) is 14.6 Å². The molecule has 0 unspecified atom stereocenters. The van der Waals surface area contributed by atoms with Crippen LogP contribution in [0.15, 0.2) is 18.2 Å². The predicted molar refractivity (Wildman–Crippen MR) is 78.9 cm³/mol. The summed E-state index contributed by atoms with van der Waals surface area (Å²) in [6.45, 7) is 7.44. The molecule has 0 heterocycles. The minimum absolute atomic E-state index is 0.0198. The van der Waals surface area contributed by atoms with Crippen molar-refractivity contribution in [3.8, 4) is 5.75 Å². The molecule has 1 amide bonds. The molecule has 0 radical (unpaired) electrons. The number of alkyl carbamates (subject to hydrolysis) is 1. The number of anilines is 1. The van der Waals surface area contributed by atoms with Crippen molar-refractivity contribution in [2.75, 3.05) is 12.3 Å². The maximum atomic E-state index is 11.4. The highest BCUT2D eigenvalue weighted by atomic mass is 28.3. The Labute approximate surface area is 114 Å². The molecular formula is C13H22N2O3Si. The summed E-state index contributed by atoms with van der Waals surface area (Å²) >= 11 is 0. The van der Waals surface area contributed by atoms with E-state index in [0.29, 0.717) is 18.8 Å². The van der Waals surface area contributed by atoms with Crippen molar-refractivity contribution in [2.45, 2.75) is 32.2 Å². The van der Waals surface area contributed by atoms with Gasteiger partial charge in [0.05, 0.1) is 12.3 Å². The van der Waals surface area contributed by atoms with E-state index in [9.17, 15) is 9.90 Å². The molecule has 0 aliphatic carbocycles. The number of carbonyl (C=O) groups is 1. The Bertz CT molecular complexity index is 444. The maximum absolute atomic E-state index is 11.4. The second-order valence-corrected chi connectivity index (χ2v) is 11.3. The first-order valence-corrected chi connectivity index (χ1v) is 9.97. The van der Waals surface area contributed by atoms with Crippen LogP contribution in [0.2, 0.25) is 25.7 Å². The number of phenolic OH excluding ortho intramolecular Hbond substituents is 1. The molecule has 0 saturated carbocycles. The maximum Gasteiger partial charge on any atom is 0.407 e. The second kappa shape index (κ2) is 6.47. The monoisotopic (exact) mass is 282 g/mol. The molecule has 0 spiro atoms. The van der Waals surface area contributed by atoms with Gasteiger partial charge in [0.1, 0.15) is 5.75 Å². The van der Waals surface area contributed by atoms with Crippen molar-refractivity contribution in [3.05, 3.63) is 23.8 Å². The van der Waals surface area contributed by atoms with Gasteiger partial charge < -0.3 is 20.9 Å². The topological polar surface area (TPSA) is 84.6 Å². The van der Waals surface area contributed by atoms with E-state index in [1.54, 1.807) is 12.1 Å². The average Bonchev–Trinajstić information content (AvgIpc) is 2.29. The summed E-state index contributed by atoms with van der Waals surface area (Å²) in [5.41, 5.74) is 6.59. The molecule has 1 rings (SSSR count). The van der Waals surface area contributed by atoms with Crippen molar-refractivity contribution in [2.24, 2.45) is 0 Å². The largest absolute Gasteiger partial charge is 0.506 e. The van der Waals surface area contributed by atoms with Crippen LogP contribution < -0.4 is 11.1 Å². The first-order valence-electron chi connectivity index (χ1n) is 6.26. The number of ether oxygens (including phenoxy) is 1. The highest BCUT2D eigenvalue weighted by Gasteiger charge is 2.13. The van der Waals surface area contributed by atoms with E-state index in [0.717, 1.165) is 11.6 Å². The fourth-order valence-electron chi connectivity index (χ4n) is 1.37. The number of carbonyl (C=O) groups excluding carboxylic acids is 1. The molecule has 0 aromatic heterocycles. The summed E-state index contributed by atoms with van der Waals surface area (Å²) in [5.74, 6) is 0.0198. The van der Waals surface area contributed by atoms with E-state index in [4.69, 9.17) is 10.5 Å². The van der Waals surface area contributed by atoms with Crippen molar-refractivity contribution < 1.29 is 14.6 Å². The molecule has 106 valence electrons. The highest BCUT2D eigenvalue weighted by Crippen LogP contribution is 2.20. The zero-order valence-corrected chi connectivity index (χ0v) is 12.7. The summed E-state index contributed by atoms with van der Waals surface area (Å²) in [5, 5.41) is 12.1. The molecule has 6 heteroatoms. The number of benzene rings is 1. The summed E-state index contributed by atoms with van der Waals surface area (Å²) in [6.07, 6.45) is -0.436. The molecule has 1 aromatic carbocycles. The Morgan fingerprint density at radius 3 is 2.68 bits per heavy atom. The van der Waals surface area contributed by atoms with E-state index in [1.807, 2.05) is 0 Å². The van der Waals surface area contributed by atoms with Gasteiger partial charge in [0.15, 0.2) is 0 Å². The van der Waals surface area contributed by atoms with Crippen LogP contribution in [-0.4, -0.2) is 25.9 Å². The number of nitrogen functional groups attached to an aromatic ring is 1. The molecule has 0 aliphatic rings. The van der Waals surface area contributed by atoms with Gasteiger partial charge in [-0.1, -0.05) is 25.7 Å². The first-order chi connectivity index (χ1) is 8.78. The molecule has 19 heavy (non-hydrogen) atoms. The lowest BCUT2D eigenvalue weighted by atomic mass is 10.2. The third-order valence-corrected chi connectivity index (χ3v) is 4.32. The Balaban J connectivity index is 2.32. The summed E-state index contributed by atoms with van der Waals surface area (Å²) in [7, 11) is -1.18. The zero-order chi connectivity index (χ0) is 14.5. The van der Waals surface area contributed by atoms with Crippen LogP contribution in [0.4, 0.5) is 10.5 Å². The van der Waals surface area contributed by atoms with Gasteiger partial charge in [0.25, 0.3) is 0 Å². The summed E-state index contributed by atoms with van der Waals surface area (Å²) in [4.78, 5) is 11.4. The second-order valence-electron chi connectivity index (χ2n) is 5.69. The third-order valence-electron chi connectivity index (χ3n) is 2.62. The van der Waals surface area contributed by atoms with Gasteiger partial charge in [-0.05, 0) is 23.7 Å². The Morgan fingerprint density at radius 1 is 1.42 bits per heavy atom. The van der Waals surface area contributed by atoms with E-state index in [-0.39, 0.29) is 5.75 Å². The number of hydrogen-bond donors (Lipinski definition) is 3. The number of aromatic hydroxyl groups is 1. The van der Waals surface area contributed by atoms with Gasteiger partial charge in [-0.2, -0.15) is 0 Å².